The third kappa shape index (κ3) is 5.04. The lowest BCUT2D eigenvalue weighted by Gasteiger charge is -2.23. The molecule has 0 spiro atoms. The third-order valence-corrected chi connectivity index (χ3v) is 3.85. The summed E-state index contributed by atoms with van der Waals surface area (Å²) in [6.45, 7) is 5.97. The Morgan fingerprint density at radius 3 is 2.80 bits per heavy atom. The molecule has 0 radical (unpaired) electrons. The average Bonchev–Trinajstić information content (AvgIpc) is 2.63. The van der Waals surface area contributed by atoms with Crippen molar-refractivity contribution in [2.45, 2.75) is 33.5 Å². The second-order valence-corrected chi connectivity index (χ2v) is 5.75. The number of aromatic nitrogens is 1. The van der Waals surface area contributed by atoms with Crippen LogP contribution < -0.4 is 10.6 Å². The Hall–Kier alpha value is -2.89. The summed E-state index contributed by atoms with van der Waals surface area (Å²) >= 11 is 0. The van der Waals surface area contributed by atoms with E-state index in [1.165, 1.54) is 5.57 Å². The number of carbonyl (C=O) groups is 1. The number of hydrogen-bond acceptors (Lipinski definition) is 5. The number of nitrogens with one attached hydrogen (secondary N) is 2. The first-order valence-electron chi connectivity index (χ1n) is 8.33. The van der Waals surface area contributed by atoms with Crippen LogP contribution in [0, 0.1) is 0 Å². The van der Waals surface area contributed by atoms with Crippen LogP contribution in [0.1, 0.15) is 32.9 Å². The lowest BCUT2D eigenvalue weighted by molar-refractivity contribution is -0.119. The van der Waals surface area contributed by atoms with Gasteiger partial charge in [0.25, 0.3) is 5.91 Å². The molecule has 0 bridgehead atoms. The van der Waals surface area contributed by atoms with Crippen LogP contribution in [0.15, 0.2) is 59.1 Å². The number of carbonyl (C=O) groups excluding carboxylic acids is 1. The van der Waals surface area contributed by atoms with Gasteiger partial charge in [-0.2, -0.15) is 0 Å². The van der Waals surface area contributed by atoms with Crippen molar-refractivity contribution in [2.24, 2.45) is 4.99 Å². The van der Waals surface area contributed by atoms with Gasteiger partial charge in [-0.25, -0.2) is 4.99 Å². The molecule has 25 heavy (non-hydrogen) atoms. The Morgan fingerprint density at radius 1 is 1.44 bits per heavy atom. The fourth-order valence-electron chi connectivity index (χ4n) is 2.34. The summed E-state index contributed by atoms with van der Waals surface area (Å²) in [6.07, 6.45) is 9.45. The van der Waals surface area contributed by atoms with Crippen molar-refractivity contribution in [3.8, 4) is 0 Å². The molecule has 0 aromatic carbocycles. The summed E-state index contributed by atoms with van der Waals surface area (Å²) in [7, 11) is 1.87. The van der Waals surface area contributed by atoms with Crippen LogP contribution in [-0.4, -0.2) is 35.3 Å². The van der Waals surface area contributed by atoms with E-state index in [0.717, 1.165) is 17.7 Å². The zero-order valence-corrected chi connectivity index (χ0v) is 15.2. The normalized spacial score (nSPS) is 17.6. The third-order valence-electron chi connectivity index (χ3n) is 3.85. The molecule has 0 saturated carbocycles. The topological polar surface area (TPSA) is 69.6 Å². The summed E-state index contributed by atoms with van der Waals surface area (Å²) in [6, 6.07) is 5.70. The van der Waals surface area contributed by atoms with Gasteiger partial charge in [-0.3, -0.25) is 9.78 Å². The van der Waals surface area contributed by atoms with Crippen LogP contribution in [0.4, 0.5) is 0 Å². The lowest BCUT2D eigenvalue weighted by Crippen LogP contribution is -2.45. The highest BCUT2D eigenvalue weighted by Crippen LogP contribution is 2.11. The number of likely N-dealkylation sites (N-methyl/N-ethyl adjacent to an activating group) is 1. The van der Waals surface area contributed by atoms with Gasteiger partial charge in [0.05, 0.1) is 5.69 Å². The minimum Gasteiger partial charge on any atom is -0.352 e. The predicted molar refractivity (Wildman–Crippen MR) is 101 cm³/mol. The maximum Gasteiger partial charge on any atom is 0.270 e. The fourth-order valence-corrected chi connectivity index (χ4v) is 2.34. The Kier molecular flexibility index (Phi) is 6.51. The zero-order chi connectivity index (χ0) is 18.2. The molecule has 2 N–H and O–H groups in total. The van der Waals surface area contributed by atoms with Crippen molar-refractivity contribution in [3.63, 3.8) is 0 Å². The van der Waals surface area contributed by atoms with Gasteiger partial charge in [-0.1, -0.05) is 24.6 Å². The van der Waals surface area contributed by atoms with Gasteiger partial charge in [0.2, 0.25) is 0 Å². The highest BCUT2D eigenvalue weighted by atomic mass is 16.2. The summed E-state index contributed by atoms with van der Waals surface area (Å²) in [5, 5.41) is 5.94. The van der Waals surface area contributed by atoms with Crippen molar-refractivity contribution >= 4 is 17.7 Å². The number of nitrogens with zero attached hydrogens (tertiary/aromatic N) is 3. The minimum atomic E-state index is -0.500. The van der Waals surface area contributed by atoms with Gasteiger partial charge in [0.1, 0.15) is 5.70 Å². The van der Waals surface area contributed by atoms with E-state index in [2.05, 4.69) is 27.5 Å². The summed E-state index contributed by atoms with van der Waals surface area (Å²) in [5.41, 5.74) is 3.48. The Balaban J connectivity index is 1.98. The number of allylic oxidation sites excluding steroid dienone is 3. The molecule has 0 fully saturated rings. The van der Waals surface area contributed by atoms with Gasteiger partial charge in [-0.05, 0) is 32.4 Å². The van der Waals surface area contributed by atoms with E-state index >= 15 is 0 Å². The van der Waals surface area contributed by atoms with Gasteiger partial charge < -0.3 is 15.5 Å². The highest BCUT2D eigenvalue weighted by Gasteiger charge is 2.17. The molecule has 1 aromatic heterocycles. The maximum atomic E-state index is 12.5. The number of aliphatic imine (C=N–C) groups is 1. The maximum absolute atomic E-state index is 12.5. The molecule has 2 heterocycles. The molecule has 1 amide bonds. The largest absolute Gasteiger partial charge is 0.352 e. The van der Waals surface area contributed by atoms with Crippen LogP contribution in [0.25, 0.3) is 5.57 Å². The van der Waals surface area contributed by atoms with Gasteiger partial charge >= 0.3 is 0 Å². The lowest BCUT2D eigenvalue weighted by atomic mass is 10.2. The average molecular weight is 339 g/mol. The number of pyridine rings is 1. The molecule has 1 atom stereocenters. The van der Waals surface area contributed by atoms with E-state index in [1.807, 2.05) is 50.2 Å². The summed E-state index contributed by atoms with van der Waals surface area (Å²) in [5.74, 6) is -0.186. The molecule has 1 unspecified atom stereocenters. The van der Waals surface area contributed by atoms with E-state index in [-0.39, 0.29) is 5.91 Å². The van der Waals surface area contributed by atoms with Crippen LogP contribution in [-0.2, 0) is 4.79 Å². The van der Waals surface area contributed by atoms with E-state index in [1.54, 1.807) is 24.7 Å². The quantitative estimate of drug-likeness (QED) is 0.782. The molecule has 6 heteroatoms. The van der Waals surface area contributed by atoms with Crippen molar-refractivity contribution in [1.29, 1.82) is 0 Å². The molecular weight excluding hydrogens is 314 g/mol. The number of hydrogen-bond donors (Lipinski definition) is 2. The first kappa shape index (κ1) is 18.4. The molecule has 1 aliphatic heterocycles. The fraction of sp³-hybridized carbons (Fsp3) is 0.316. The van der Waals surface area contributed by atoms with Gasteiger partial charge in [0.15, 0.2) is 6.29 Å². The second-order valence-electron chi connectivity index (χ2n) is 5.75. The van der Waals surface area contributed by atoms with E-state index in [0.29, 0.717) is 5.70 Å². The van der Waals surface area contributed by atoms with Crippen molar-refractivity contribution in [1.82, 2.24) is 20.5 Å². The monoisotopic (exact) mass is 339 g/mol. The molecule has 132 valence electrons. The Labute approximate surface area is 149 Å². The molecule has 0 aliphatic carbocycles. The molecule has 0 saturated heterocycles. The smallest absolute Gasteiger partial charge is 0.270 e. The molecule has 2 rings (SSSR count). The first-order valence-corrected chi connectivity index (χ1v) is 8.33. The second kappa shape index (κ2) is 8.82. The molecular formula is C19H25N5O. The minimum absolute atomic E-state index is 0.186. The van der Waals surface area contributed by atoms with Crippen LogP contribution in [0.3, 0.4) is 0 Å². The Bertz CT molecular complexity index is 719. The van der Waals surface area contributed by atoms with E-state index in [4.69, 9.17) is 0 Å². The van der Waals surface area contributed by atoms with Crippen molar-refractivity contribution in [3.05, 3.63) is 59.8 Å². The number of amides is 1. The van der Waals surface area contributed by atoms with Crippen molar-refractivity contribution < 1.29 is 4.79 Å². The van der Waals surface area contributed by atoms with E-state index in [9.17, 15) is 4.79 Å². The highest BCUT2D eigenvalue weighted by molar-refractivity contribution is 6.09. The molecule has 1 aromatic rings. The van der Waals surface area contributed by atoms with Crippen molar-refractivity contribution in [2.75, 3.05) is 7.05 Å². The molecule has 6 nitrogen and oxygen atoms in total. The van der Waals surface area contributed by atoms with Crippen LogP contribution in [0.5, 0.6) is 0 Å². The molecule has 1 aliphatic rings. The predicted octanol–water partition coefficient (Wildman–Crippen LogP) is 2.65. The summed E-state index contributed by atoms with van der Waals surface area (Å²) < 4.78 is 0. The van der Waals surface area contributed by atoms with Crippen LogP contribution in [0.2, 0.25) is 0 Å². The van der Waals surface area contributed by atoms with Gasteiger partial charge in [-0.15, -0.1) is 0 Å². The van der Waals surface area contributed by atoms with Gasteiger partial charge in [0, 0.05) is 37.4 Å². The SMILES string of the molecule is C/C=C(/C(=O)NC1N=CC(c2ccccn2)=CN1)N(C)C=C(C)CC. The standard InChI is InChI=1S/C19H25N5O/c1-5-14(3)13-24(4)17(6-2)18(25)23-19-21-11-15(12-22-19)16-9-7-8-10-20-16/h6-13,19,21H,5H2,1-4H3,(H,23,25)/b14-13?,17-6-. The summed E-state index contributed by atoms with van der Waals surface area (Å²) in [4.78, 5) is 23.0. The Morgan fingerprint density at radius 2 is 2.24 bits per heavy atom. The van der Waals surface area contributed by atoms with E-state index < -0.39 is 6.29 Å². The zero-order valence-electron chi connectivity index (χ0n) is 15.2. The van der Waals surface area contributed by atoms with Crippen LogP contribution >= 0.6 is 0 Å². The number of rotatable bonds is 6. The first-order chi connectivity index (χ1) is 12.0.